The fourth-order valence-corrected chi connectivity index (χ4v) is 3.05. The van der Waals surface area contributed by atoms with Crippen LogP contribution >= 0.6 is 0 Å². The maximum absolute atomic E-state index is 12.2. The summed E-state index contributed by atoms with van der Waals surface area (Å²) in [6.45, 7) is 9.21. The van der Waals surface area contributed by atoms with Gasteiger partial charge in [-0.1, -0.05) is 13.8 Å². The Morgan fingerprint density at radius 3 is 2.57 bits per heavy atom. The van der Waals surface area contributed by atoms with E-state index < -0.39 is 11.9 Å². The Morgan fingerprint density at radius 2 is 2.00 bits per heavy atom. The van der Waals surface area contributed by atoms with Gasteiger partial charge in [0.15, 0.2) is 0 Å². The third kappa shape index (κ3) is 5.65. The van der Waals surface area contributed by atoms with Crippen molar-refractivity contribution < 1.29 is 19.4 Å². The van der Waals surface area contributed by atoms with E-state index >= 15 is 0 Å². The van der Waals surface area contributed by atoms with Crippen LogP contribution in [-0.4, -0.2) is 47.2 Å². The van der Waals surface area contributed by atoms with E-state index in [0.29, 0.717) is 31.9 Å². The number of carboxylic acid groups (broad SMARTS) is 1. The number of carbonyl (C=O) groups is 2. The van der Waals surface area contributed by atoms with Gasteiger partial charge in [-0.15, -0.1) is 0 Å². The van der Waals surface area contributed by atoms with Gasteiger partial charge in [-0.25, -0.2) is 0 Å². The van der Waals surface area contributed by atoms with Crippen molar-refractivity contribution in [1.29, 1.82) is 0 Å². The predicted octanol–water partition coefficient (Wildman–Crippen LogP) is 2.54. The highest BCUT2D eigenvalue weighted by Gasteiger charge is 2.34. The lowest BCUT2D eigenvalue weighted by atomic mass is 9.90. The summed E-state index contributed by atoms with van der Waals surface area (Å²) in [4.78, 5) is 25.1. The third-order valence-corrected chi connectivity index (χ3v) is 4.15. The van der Waals surface area contributed by atoms with E-state index in [-0.39, 0.29) is 18.1 Å². The molecular formula is C16H29NO4. The van der Waals surface area contributed by atoms with E-state index in [0.717, 1.165) is 12.8 Å². The van der Waals surface area contributed by atoms with Crippen molar-refractivity contribution >= 4 is 11.9 Å². The van der Waals surface area contributed by atoms with E-state index in [1.807, 2.05) is 13.8 Å². The minimum absolute atomic E-state index is 0.00481. The van der Waals surface area contributed by atoms with Crippen LogP contribution in [0.4, 0.5) is 0 Å². The van der Waals surface area contributed by atoms with E-state index in [9.17, 15) is 14.7 Å². The zero-order chi connectivity index (χ0) is 16.0. The first kappa shape index (κ1) is 18.0. The lowest BCUT2D eigenvalue weighted by Crippen LogP contribution is -2.49. The Balaban J connectivity index is 2.39. The molecule has 1 N–H and O–H groups in total. The van der Waals surface area contributed by atoms with Gasteiger partial charge < -0.3 is 14.7 Å². The summed E-state index contributed by atoms with van der Waals surface area (Å²) in [6, 6.07) is -0.225. The quantitative estimate of drug-likeness (QED) is 0.784. The molecule has 0 bridgehead atoms. The number of hydrogen-bond donors (Lipinski definition) is 1. The molecule has 1 aliphatic heterocycles. The second kappa shape index (κ2) is 8.37. The van der Waals surface area contributed by atoms with Crippen LogP contribution in [0.15, 0.2) is 0 Å². The number of carboxylic acids is 1. The fourth-order valence-electron chi connectivity index (χ4n) is 3.05. The van der Waals surface area contributed by atoms with Gasteiger partial charge in [0, 0.05) is 12.6 Å². The van der Waals surface area contributed by atoms with Gasteiger partial charge in [0.25, 0.3) is 0 Å². The van der Waals surface area contributed by atoms with Gasteiger partial charge in [-0.05, 0) is 39.0 Å². The van der Waals surface area contributed by atoms with Gasteiger partial charge in [0.1, 0.15) is 0 Å². The maximum atomic E-state index is 12.2. The molecular weight excluding hydrogens is 270 g/mol. The fraction of sp³-hybridized carbons (Fsp3) is 0.875. The molecule has 1 heterocycles. The van der Waals surface area contributed by atoms with Crippen LogP contribution in [0, 0.1) is 11.8 Å². The Bertz CT molecular complexity index is 356. The minimum atomic E-state index is -0.804. The number of amides is 1. The normalized spacial score (nSPS) is 24.1. The predicted molar refractivity (Wildman–Crippen MR) is 81.0 cm³/mol. The number of likely N-dealkylation sites (tertiary alicyclic amines) is 1. The number of carbonyl (C=O) groups excluding carboxylic acids is 1. The molecule has 0 aliphatic carbocycles. The van der Waals surface area contributed by atoms with Crippen molar-refractivity contribution in [2.75, 3.05) is 13.2 Å². The lowest BCUT2D eigenvalue weighted by molar-refractivity contribution is -0.149. The van der Waals surface area contributed by atoms with Crippen LogP contribution in [-0.2, 0) is 14.3 Å². The van der Waals surface area contributed by atoms with Crippen molar-refractivity contribution in [1.82, 2.24) is 4.90 Å². The number of hydrogen-bond acceptors (Lipinski definition) is 3. The Morgan fingerprint density at radius 1 is 1.33 bits per heavy atom. The van der Waals surface area contributed by atoms with Crippen LogP contribution in [0.5, 0.6) is 0 Å². The van der Waals surface area contributed by atoms with E-state index in [1.165, 1.54) is 0 Å². The molecule has 0 spiro atoms. The van der Waals surface area contributed by atoms with Crippen LogP contribution in [0.1, 0.15) is 53.4 Å². The first-order chi connectivity index (χ1) is 9.82. The summed E-state index contributed by atoms with van der Waals surface area (Å²) >= 11 is 0. The number of piperidine rings is 1. The van der Waals surface area contributed by atoms with Crippen LogP contribution in [0.25, 0.3) is 0 Å². The summed E-state index contributed by atoms with van der Waals surface area (Å²) < 4.78 is 5.66. The molecule has 1 aliphatic rings. The summed E-state index contributed by atoms with van der Waals surface area (Å²) in [6.07, 6.45) is 2.89. The molecule has 122 valence electrons. The van der Waals surface area contributed by atoms with Crippen molar-refractivity contribution in [2.24, 2.45) is 11.8 Å². The largest absolute Gasteiger partial charge is 0.481 e. The molecule has 0 aromatic carbocycles. The molecule has 1 saturated heterocycles. The van der Waals surface area contributed by atoms with Gasteiger partial charge in [0.2, 0.25) is 5.91 Å². The zero-order valence-corrected chi connectivity index (χ0v) is 13.7. The zero-order valence-electron chi connectivity index (χ0n) is 13.7. The highest BCUT2D eigenvalue weighted by molar-refractivity contribution is 5.78. The topological polar surface area (TPSA) is 66.8 Å². The summed E-state index contributed by atoms with van der Waals surface area (Å²) in [5.74, 6) is -0.662. The molecule has 0 radical (unpaired) electrons. The number of ether oxygens (including phenoxy) is 1. The first-order valence-electron chi connectivity index (χ1n) is 7.96. The Kier molecular flexibility index (Phi) is 7.15. The van der Waals surface area contributed by atoms with Crippen molar-refractivity contribution in [3.8, 4) is 0 Å². The van der Waals surface area contributed by atoms with E-state index in [1.54, 1.807) is 4.90 Å². The third-order valence-electron chi connectivity index (χ3n) is 4.15. The average molecular weight is 299 g/mol. The minimum Gasteiger partial charge on any atom is -0.481 e. The monoisotopic (exact) mass is 299 g/mol. The van der Waals surface area contributed by atoms with Crippen LogP contribution < -0.4 is 0 Å². The molecule has 5 nitrogen and oxygen atoms in total. The molecule has 21 heavy (non-hydrogen) atoms. The second-order valence-electron chi connectivity index (χ2n) is 6.48. The average Bonchev–Trinajstić information content (AvgIpc) is 2.37. The van der Waals surface area contributed by atoms with Crippen LogP contribution in [0.2, 0.25) is 0 Å². The highest BCUT2D eigenvalue weighted by Crippen LogP contribution is 2.24. The Hall–Kier alpha value is -1.10. The highest BCUT2D eigenvalue weighted by atomic mass is 16.5. The summed E-state index contributed by atoms with van der Waals surface area (Å²) in [7, 11) is 0. The van der Waals surface area contributed by atoms with Crippen molar-refractivity contribution in [3.05, 3.63) is 0 Å². The maximum Gasteiger partial charge on any atom is 0.308 e. The van der Waals surface area contributed by atoms with E-state index in [2.05, 4.69) is 13.8 Å². The van der Waals surface area contributed by atoms with Crippen LogP contribution in [0.3, 0.4) is 0 Å². The number of aliphatic carboxylic acids is 1. The molecule has 1 amide bonds. The molecule has 1 rings (SSSR count). The van der Waals surface area contributed by atoms with Gasteiger partial charge in [-0.3, -0.25) is 9.59 Å². The number of rotatable bonds is 7. The molecule has 5 heteroatoms. The van der Waals surface area contributed by atoms with Gasteiger partial charge in [0.05, 0.1) is 25.0 Å². The first-order valence-corrected chi connectivity index (χ1v) is 7.96. The molecule has 0 aromatic heterocycles. The smallest absolute Gasteiger partial charge is 0.308 e. The molecule has 0 aromatic rings. The molecule has 3 atom stereocenters. The van der Waals surface area contributed by atoms with Gasteiger partial charge >= 0.3 is 5.97 Å². The van der Waals surface area contributed by atoms with Crippen molar-refractivity contribution in [3.63, 3.8) is 0 Å². The van der Waals surface area contributed by atoms with E-state index in [4.69, 9.17) is 4.74 Å². The lowest BCUT2D eigenvalue weighted by Gasteiger charge is -2.37. The Labute approximate surface area is 127 Å². The number of nitrogens with zero attached hydrogens (tertiary/aromatic N) is 1. The van der Waals surface area contributed by atoms with Gasteiger partial charge in [-0.2, -0.15) is 0 Å². The summed E-state index contributed by atoms with van der Waals surface area (Å²) in [5.41, 5.74) is 0. The molecule has 0 saturated carbocycles. The SMILES string of the molecule is CC(C)CC(C)OCCC(=O)N1CCC[C@H](C(=O)O)[C@@H]1C. The molecule has 1 fully saturated rings. The molecule has 1 unspecified atom stereocenters. The summed E-state index contributed by atoms with van der Waals surface area (Å²) in [5, 5.41) is 9.18. The second-order valence-corrected chi connectivity index (χ2v) is 6.48. The standard InChI is InChI=1S/C16H29NO4/c1-11(2)10-12(3)21-9-7-15(18)17-8-5-6-14(13(17)4)16(19)20/h11-14H,5-10H2,1-4H3,(H,19,20)/t12?,13-,14-/m0/s1. The van der Waals surface area contributed by atoms with Crippen molar-refractivity contribution in [2.45, 2.75) is 65.5 Å².